The van der Waals surface area contributed by atoms with Gasteiger partial charge in [0.1, 0.15) is 12.4 Å². The van der Waals surface area contributed by atoms with Gasteiger partial charge in [0.25, 0.3) is 0 Å². The molecule has 0 aliphatic carbocycles. The molecule has 68 valence electrons. The van der Waals surface area contributed by atoms with Crippen molar-refractivity contribution in [3.63, 3.8) is 0 Å². The SMILES string of the molecule is C=C(C=CC)OCc1ccccc1. The fourth-order valence-corrected chi connectivity index (χ4v) is 0.984. The predicted octanol–water partition coefficient (Wildman–Crippen LogP) is 3.29. The molecule has 0 unspecified atom stereocenters. The Balaban J connectivity index is 2.40. The van der Waals surface area contributed by atoms with Gasteiger partial charge in [0.15, 0.2) is 0 Å². The van der Waals surface area contributed by atoms with Crippen LogP contribution in [0, 0.1) is 0 Å². The lowest BCUT2D eigenvalue weighted by Gasteiger charge is -2.04. The van der Waals surface area contributed by atoms with Crippen molar-refractivity contribution >= 4 is 0 Å². The molecule has 1 aromatic rings. The Bertz CT molecular complexity index is 285. The van der Waals surface area contributed by atoms with Crippen LogP contribution >= 0.6 is 0 Å². The first-order valence-corrected chi connectivity index (χ1v) is 4.31. The number of allylic oxidation sites excluding steroid dienone is 2. The second-order valence-corrected chi connectivity index (χ2v) is 2.74. The van der Waals surface area contributed by atoms with Crippen LogP contribution in [0.25, 0.3) is 0 Å². The first-order valence-electron chi connectivity index (χ1n) is 4.31. The molecule has 1 heteroatoms. The summed E-state index contributed by atoms with van der Waals surface area (Å²) in [6.07, 6.45) is 3.76. The molecule has 1 aromatic carbocycles. The molecule has 0 saturated carbocycles. The Morgan fingerprint density at radius 1 is 1.38 bits per heavy atom. The topological polar surface area (TPSA) is 9.23 Å². The maximum Gasteiger partial charge on any atom is 0.113 e. The van der Waals surface area contributed by atoms with Crippen molar-refractivity contribution in [2.75, 3.05) is 0 Å². The van der Waals surface area contributed by atoms with Crippen molar-refractivity contribution in [3.05, 3.63) is 60.4 Å². The van der Waals surface area contributed by atoms with Crippen LogP contribution in [-0.4, -0.2) is 0 Å². The molecule has 0 atom stereocenters. The smallest absolute Gasteiger partial charge is 0.113 e. The van der Waals surface area contributed by atoms with Gasteiger partial charge in [0.2, 0.25) is 0 Å². The minimum Gasteiger partial charge on any atom is -0.490 e. The van der Waals surface area contributed by atoms with Crippen molar-refractivity contribution in [3.8, 4) is 0 Å². The van der Waals surface area contributed by atoms with E-state index < -0.39 is 0 Å². The van der Waals surface area contributed by atoms with Gasteiger partial charge in [-0.25, -0.2) is 0 Å². The molecule has 1 rings (SSSR count). The van der Waals surface area contributed by atoms with Gasteiger partial charge in [0, 0.05) is 0 Å². The van der Waals surface area contributed by atoms with Gasteiger partial charge in [-0.1, -0.05) is 43.0 Å². The van der Waals surface area contributed by atoms with Crippen molar-refractivity contribution in [2.45, 2.75) is 13.5 Å². The highest BCUT2D eigenvalue weighted by atomic mass is 16.5. The minimum absolute atomic E-state index is 0.587. The van der Waals surface area contributed by atoms with Crippen LogP contribution in [0.4, 0.5) is 0 Å². The van der Waals surface area contributed by atoms with E-state index in [4.69, 9.17) is 4.74 Å². The lowest BCUT2D eigenvalue weighted by Crippen LogP contribution is -1.89. The average Bonchev–Trinajstić information content (AvgIpc) is 2.17. The molecule has 0 aliphatic rings. The fraction of sp³-hybridized carbons (Fsp3) is 0.167. The van der Waals surface area contributed by atoms with Gasteiger partial charge in [-0.3, -0.25) is 0 Å². The summed E-state index contributed by atoms with van der Waals surface area (Å²) in [6, 6.07) is 10.0. The van der Waals surface area contributed by atoms with Crippen LogP contribution in [0.15, 0.2) is 54.8 Å². The van der Waals surface area contributed by atoms with Crippen LogP contribution in [-0.2, 0) is 11.3 Å². The number of rotatable bonds is 4. The fourth-order valence-electron chi connectivity index (χ4n) is 0.984. The molecule has 0 amide bonds. The van der Waals surface area contributed by atoms with Crippen LogP contribution in [0.3, 0.4) is 0 Å². The van der Waals surface area contributed by atoms with Crippen molar-refractivity contribution in [1.82, 2.24) is 0 Å². The summed E-state index contributed by atoms with van der Waals surface area (Å²) in [4.78, 5) is 0. The molecule has 13 heavy (non-hydrogen) atoms. The number of hydrogen-bond donors (Lipinski definition) is 0. The van der Waals surface area contributed by atoms with Crippen molar-refractivity contribution in [2.24, 2.45) is 0 Å². The minimum atomic E-state index is 0.587. The van der Waals surface area contributed by atoms with Gasteiger partial charge in [-0.2, -0.15) is 0 Å². The summed E-state index contributed by atoms with van der Waals surface area (Å²) in [5.74, 6) is 0.700. The largest absolute Gasteiger partial charge is 0.490 e. The maximum absolute atomic E-state index is 5.39. The number of hydrogen-bond acceptors (Lipinski definition) is 1. The second-order valence-electron chi connectivity index (χ2n) is 2.74. The monoisotopic (exact) mass is 174 g/mol. The third kappa shape index (κ3) is 3.61. The lowest BCUT2D eigenvalue weighted by atomic mass is 10.2. The Morgan fingerprint density at radius 3 is 2.69 bits per heavy atom. The average molecular weight is 174 g/mol. The molecule has 0 aliphatic heterocycles. The van der Waals surface area contributed by atoms with E-state index >= 15 is 0 Å². The molecule has 0 bridgehead atoms. The third-order valence-electron chi connectivity index (χ3n) is 1.62. The van der Waals surface area contributed by atoms with E-state index in [-0.39, 0.29) is 0 Å². The Labute approximate surface area is 79.4 Å². The molecule has 0 radical (unpaired) electrons. The first kappa shape index (κ1) is 9.59. The zero-order valence-corrected chi connectivity index (χ0v) is 7.86. The Hall–Kier alpha value is -1.50. The van der Waals surface area contributed by atoms with Crippen molar-refractivity contribution in [1.29, 1.82) is 0 Å². The molecule has 0 heterocycles. The molecule has 0 aromatic heterocycles. The molecule has 0 saturated heterocycles. The summed E-state index contributed by atoms with van der Waals surface area (Å²) in [5, 5.41) is 0. The summed E-state index contributed by atoms with van der Waals surface area (Å²) in [6.45, 7) is 6.28. The normalized spacial score (nSPS) is 10.2. The quantitative estimate of drug-likeness (QED) is 0.502. The molecule has 0 spiro atoms. The van der Waals surface area contributed by atoms with E-state index in [2.05, 4.69) is 6.58 Å². The standard InChI is InChI=1S/C12H14O/c1-3-7-11(2)13-10-12-8-5-4-6-9-12/h3-9H,2,10H2,1H3. The number of ether oxygens (including phenoxy) is 1. The lowest BCUT2D eigenvalue weighted by molar-refractivity contribution is 0.212. The second kappa shape index (κ2) is 5.20. The summed E-state index contributed by atoms with van der Waals surface area (Å²) >= 11 is 0. The Kier molecular flexibility index (Phi) is 3.83. The highest BCUT2D eigenvalue weighted by Gasteiger charge is 1.91. The van der Waals surface area contributed by atoms with Crippen LogP contribution in [0.5, 0.6) is 0 Å². The van der Waals surface area contributed by atoms with E-state index in [1.807, 2.05) is 49.4 Å². The van der Waals surface area contributed by atoms with Gasteiger partial charge in [-0.15, -0.1) is 0 Å². The van der Waals surface area contributed by atoms with Gasteiger partial charge in [0.05, 0.1) is 0 Å². The number of benzene rings is 1. The van der Waals surface area contributed by atoms with E-state index in [9.17, 15) is 0 Å². The van der Waals surface area contributed by atoms with E-state index in [0.29, 0.717) is 12.4 Å². The van der Waals surface area contributed by atoms with Crippen molar-refractivity contribution < 1.29 is 4.74 Å². The van der Waals surface area contributed by atoms with Crippen LogP contribution in [0.1, 0.15) is 12.5 Å². The molecule has 0 N–H and O–H groups in total. The zero-order chi connectivity index (χ0) is 9.52. The molecule has 1 nitrogen and oxygen atoms in total. The third-order valence-corrected chi connectivity index (χ3v) is 1.62. The van der Waals surface area contributed by atoms with Gasteiger partial charge >= 0.3 is 0 Å². The van der Waals surface area contributed by atoms with Crippen LogP contribution in [0.2, 0.25) is 0 Å². The first-order chi connectivity index (χ1) is 6.33. The van der Waals surface area contributed by atoms with Gasteiger partial charge in [-0.05, 0) is 18.6 Å². The zero-order valence-electron chi connectivity index (χ0n) is 7.86. The van der Waals surface area contributed by atoms with Gasteiger partial charge < -0.3 is 4.74 Å². The van der Waals surface area contributed by atoms with E-state index in [1.165, 1.54) is 0 Å². The van der Waals surface area contributed by atoms with E-state index in [1.54, 1.807) is 0 Å². The molecular weight excluding hydrogens is 160 g/mol. The summed E-state index contributed by atoms with van der Waals surface area (Å²) < 4.78 is 5.39. The van der Waals surface area contributed by atoms with E-state index in [0.717, 1.165) is 5.56 Å². The summed E-state index contributed by atoms with van der Waals surface area (Å²) in [7, 11) is 0. The highest BCUT2D eigenvalue weighted by molar-refractivity contribution is 5.14. The predicted molar refractivity (Wildman–Crippen MR) is 55.2 cm³/mol. The highest BCUT2D eigenvalue weighted by Crippen LogP contribution is 2.04. The maximum atomic E-state index is 5.39. The molecular formula is C12H14O. The Morgan fingerprint density at radius 2 is 2.08 bits per heavy atom. The van der Waals surface area contributed by atoms with Crippen LogP contribution < -0.4 is 0 Å². The summed E-state index contributed by atoms with van der Waals surface area (Å²) in [5.41, 5.74) is 1.16. The molecule has 0 fully saturated rings.